The van der Waals surface area contributed by atoms with Gasteiger partial charge in [-0.25, -0.2) is 4.39 Å². The Balaban J connectivity index is 2.11. The van der Waals surface area contributed by atoms with Gasteiger partial charge in [-0.15, -0.1) is 0 Å². The van der Waals surface area contributed by atoms with Crippen LogP contribution in [0, 0.1) is 17.1 Å². The van der Waals surface area contributed by atoms with Crippen molar-refractivity contribution in [2.24, 2.45) is 0 Å². The van der Waals surface area contributed by atoms with Gasteiger partial charge in [0.1, 0.15) is 23.4 Å². The summed E-state index contributed by atoms with van der Waals surface area (Å²) < 4.78 is 18.2. The molecule has 0 spiro atoms. The molecule has 0 heterocycles. The summed E-state index contributed by atoms with van der Waals surface area (Å²) >= 11 is 0. The summed E-state index contributed by atoms with van der Waals surface area (Å²) in [6.07, 6.45) is 0. The standard InChI is InChI=1S/C15H13FN2O2/c1-20-13-4-2-10(15(19)7-13)9-18-12-3-5-14(16)11(6-12)8-17/h2-7,18-19H,9H2,1H3. The number of phenolic OH excluding ortho intramolecular Hbond substituents is 1. The molecule has 0 radical (unpaired) electrons. The fourth-order valence-electron chi connectivity index (χ4n) is 1.74. The van der Waals surface area contributed by atoms with E-state index in [9.17, 15) is 9.50 Å². The van der Waals surface area contributed by atoms with Gasteiger partial charge in [-0.05, 0) is 30.3 Å². The molecular weight excluding hydrogens is 259 g/mol. The molecule has 0 aliphatic heterocycles. The number of aromatic hydroxyl groups is 1. The molecule has 2 aromatic rings. The number of benzene rings is 2. The predicted molar refractivity (Wildman–Crippen MR) is 73.1 cm³/mol. The summed E-state index contributed by atoms with van der Waals surface area (Å²) in [5.41, 5.74) is 1.26. The molecule has 0 saturated carbocycles. The first-order valence-corrected chi connectivity index (χ1v) is 5.93. The summed E-state index contributed by atoms with van der Waals surface area (Å²) in [6, 6.07) is 11.0. The van der Waals surface area contributed by atoms with Crippen LogP contribution in [0.15, 0.2) is 36.4 Å². The van der Waals surface area contributed by atoms with E-state index in [2.05, 4.69) is 5.32 Å². The van der Waals surface area contributed by atoms with Crippen LogP contribution in [0.2, 0.25) is 0 Å². The van der Waals surface area contributed by atoms with Crippen molar-refractivity contribution in [3.05, 3.63) is 53.3 Å². The molecule has 0 aliphatic rings. The van der Waals surface area contributed by atoms with Crippen molar-refractivity contribution in [1.29, 1.82) is 5.26 Å². The number of hydrogen-bond donors (Lipinski definition) is 2. The zero-order valence-electron chi connectivity index (χ0n) is 10.9. The maximum Gasteiger partial charge on any atom is 0.141 e. The highest BCUT2D eigenvalue weighted by atomic mass is 19.1. The van der Waals surface area contributed by atoms with Crippen LogP contribution in [0.5, 0.6) is 11.5 Å². The van der Waals surface area contributed by atoms with E-state index in [-0.39, 0.29) is 11.3 Å². The smallest absolute Gasteiger partial charge is 0.141 e. The van der Waals surface area contributed by atoms with Crippen LogP contribution in [0.25, 0.3) is 0 Å². The minimum atomic E-state index is -0.551. The van der Waals surface area contributed by atoms with E-state index in [0.29, 0.717) is 23.5 Å². The van der Waals surface area contributed by atoms with E-state index >= 15 is 0 Å². The lowest BCUT2D eigenvalue weighted by atomic mass is 10.1. The number of phenols is 1. The second kappa shape index (κ2) is 5.93. The number of rotatable bonds is 4. The van der Waals surface area contributed by atoms with Crippen molar-refractivity contribution >= 4 is 5.69 Å². The van der Waals surface area contributed by atoms with E-state index < -0.39 is 5.82 Å². The van der Waals surface area contributed by atoms with Gasteiger partial charge in [-0.1, -0.05) is 0 Å². The van der Waals surface area contributed by atoms with Gasteiger partial charge in [0, 0.05) is 23.9 Å². The van der Waals surface area contributed by atoms with Crippen LogP contribution in [0.1, 0.15) is 11.1 Å². The summed E-state index contributed by atoms with van der Waals surface area (Å²) in [6.45, 7) is 0.354. The summed E-state index contributed by atoms with van der Waals surface area (Å²) in [7, 11) is 1.52. The van der Waals surface area contributed by atoms with E-state index in [1.165, 1.54) is 31.4 Å². The second-order valence-corrected chi connectivity index (χ2v) is 4.15. The number of nitrogens with one attached hydrogen (secondary N) is 1. The van der Waals surface area contributed by atoms with Crippen LogP contribution in [-0.2, 0) is 6.54 Å². The highest BCUT2D eigenvalue weighted by Crippen LogP contribution is 2.24. The molecule has 0 aliphatic carbocycles. The highest BCUT2D eigenvalue weighted by Gasteiger charge is 2.05. The van der Waals surface area contributed by atoms with Crippen molar-refractivity contribution in [2.75, 3.05) is 12.4 Å². The fraction of sp³-hybridized carbons (Fsp3) is 0.133. The lowest BCUT2D eigenvalue weighted by molar-refractivity contribution is 0.406. The Hall–Kier alpha value is -2.74. The van der Waals surface area contributed by atoms with Crippen molar-refractivity contribution in [1.82, 2.24) is 0 Å². The lowest BCUT2D eigenvalue weighted by Gasteiger charge is -2.10. The molecule has 2 N–H and O–H groups in total. The summed E-state index contributed by atoms with van der Waals surface area (Å²) in [4.78, 5) is 0. The normalized spacial score (nSPS) is 9.85. The topological polar surface area (TPSA) is 65.3 Å². The molecule has 0 bridgehead atoms. The van der Waals surface area contributed by atoms with Gasteiger partial charge in [0.05, 0.1) is 12.7 Å². The SMILES string of the molecule is COc1ccc(CNc2ccc(F)c(C#N)c2)c(O)c1. The molecule has 0 saturated heterocycles. The van der Waals surface area contributed by atoms with E-state index in [1.807, 2.05) is 0 Å². The van der Waals surface area contributed by atoms with Crippen LogP contribution < -0.4 is 10.1 Å². The average molecular weight is 272 g/mol. The third-order valence-corrected chi connectivity index (χ3v) is 2.86. The van der Waals surface area contributed by atoms with Gasteiger partial charge in [0.2, 0.25) is 0 Å². The molecular formula is C15H13FN2O2. The first-order chi connectivity index (χ1) is 9.63. The first-order valence-electron chi connectivity index (χ1n) is 5.93. The third kappa shape index (κ3) is 2.98. The Labute approximate surface area is 116 Å². The fourth-order valence-corrected chi connectivity index (χ4v) is 1.74. The maximum absolute atomic E-state index is 13.2. The van der Waals surface area contributed by atoms with Crippen LogP contribution in [0.4, 0.5) is 10.1 Å². The molecule has 0 fully saturated rings. The Morgan fingerprint density at radius 1 is 1.30 bits per heavy atom. The van der Waals surface area contributed by atoms with E-state index in [1.54, 1.807) is 18.2 Å². The molecule has 0 amide bonds. The van der Waals surface area contributed by atoms with Crippen molar-refractivity contribution in [3.8, 4) is 17.6 Å². The largest absolute Gasteiger partial charge is 0.507 e. The van der Waals surface area contributed by atoms with E-state index in [0.717, 1.165) is 0 Å². The summed E-state index contributed by atoms with van der Waals surface area (Å²) in [5, 5.41) is 21.6. The second-order valence-electron chi connectivity index (χ2n) is 4.15. The molecule has 2 rings (SSSR count). The molecule has 0 unspecified atom stereocenters. The van der Waals surface area contributed by atoms with Gasteiger partial charge < -0.3 is 15.2 Å². The lowest BCUT2D eigenvalue weighted by Crippen LogP contribution is -2.00. The molecule has 0 aromatic heterocycles. The minimum absolute atomic E-state index is 0.0195. The number of anilines is 1. The van der Waals surface area contributed by atoms with Crippen LogP contribution in [-0.4, -0.2) is 12.2 Å². The van der Waals surface area contributed by atoms with Crippen LogP contribution in [0.3, 0.4) is 0 Å². The van der Waals surface area contributed by atoms with Gasteiger partial charge in [0.25, 0.3) is 0 Å². The number of hydrogen-bond acceptors (Lipinski definition) is 4. The zero-order chi connectivity index (χ0) is 14.5. The Morgan fingerprint density at radius 2 is 2.10 bits per heavy atom. The molecule has 0 atom stereocenters. The molecule has 102 valence electrons. The molecule has 2 aromatic carbocycles. The van der Waals surface area contributed by atoms with Crippen LogP contribution >= 0.6 is 0 Å². The maximum atomic E-state index is 13.2. The Bertz CT molecular complexity index is 665. The van der Waals surface area contributed by atoms with Gasteiger partial charge in [0.15, 0.2) is 0 Å². The van der Waals surface area contributed by atoms with Crippen molar-refractivity contribution in [3.63, 3.8) is 0 Å². The number of methoxy groups -OCH3 is 1. The minimum Gasteiger partial charge on any atom is -0.507 e. The monoisotopic (exact) mass is 272 g/mol. The zero-order valence-corrected chi connectivity index (χ0v) is 10.9. The quantitative estimate of drug-likeness (QED) is 0.898. The van der Waals surface area contributed by atoms with Crippen molar-refractivity contribution in [2.45, 2.75) is 6.54 Å². The predicted octanol–water partition coefficient (Wildman–Crippen LogP) is 3.02. The Morgan fingerprint density at radius 3 is 2.75 bits per heavy atom. The first kappa shape index (κ1) is 13.7. The number of ether oxygens (including phenoxy) is 1. The molecule has 5 heteroatoms. The molecule has 4 nitrogen and oxygen atoms in total. The van der Waals surface area contributed by atoms with Crippen molar-refractivity contribution < 1.29 is 14.2 Å². The van der Waals surface area contributed by atoms with Gasteiger partial charge in [-0.3, -0.25) is 0 Å². The number of halogens is 1. The number of nitriles is 1. The van der Waals surface area contributed by atoms with Gasteiger partial charge in [-0.2, -0.15) is 5.26 Å². The Kier molecular flexibility index (Phi) is 4.06. The average Bonchev–Trinajstić information content (AvgIpc) is 2.47. The summed E-state index contributed by atoms with van der Waals surface area (Å²) in [5.74, 6) is 0.129. The highest BCUT2D eigenvalue weighted by molar-refractivity contribution is 5.51. The van der Waals surface area contributed by atoms with Gasteiger partial charge >= 0.3 is 0 Å². The van der Waals surface area contributed by atoms with E-state index in [4.69, 9.17) is 10.00 Å². The third-order valence-electron chi connectivity index (χ3n) is 2.86. The number of nitrogens with zero attached hydrogens (tertiary/aromatic N) is 1. The molecule has 20 heavy (non-hydrogen) atoms.